The highest BCUT2D eigenvalue weighted by molar-refractivity contribution is 5.89. The molecular formula is C8H12N2O. The predicted molar refractivity (Wildman–Crippen MR) is 40.0 cm³/mol. The molecule has 3 atom stereocenters. The first kappa shape index (κ1) is 6.00. The van der Waals surface area contributed by atoms with Crippen LogP contribution in [0.1, 0.15) is 12.8 Å². The van der Waals surface area contributed by atoms with Gasteiger partial charge < -0.3 is 10.6 Å². The summed E-state index contributed by atoms with van der Waals surface area (Å²) in [6.45, 7) is 2.01. The molecular weight excluding hydrogens is 140 g/mol. The molecule has 3 rings (SSSR count). The van der Waals surface area contributed by atoms with Crippen LogP contribution < -0.4 is 10.6 Å². The van der Waals surface area contributed by atoms with E-state index in [0.29, 0.717) is 17.9 Å². The summed E-state index contributed by atoms with van der Waals surface area (Å²) < 4.78 is 0. The quantitative estimate of drug-likeness (QED) is 0.490. The van der Waals surface area contributed by atoms with Gasteiger partial charge in [-0.15, -0.1) is 0 Å². The number of hydrogen-bond acceptors (Lipinski definition) is 2. The number of hydrogen-bond donors (Lipinski definition) is 2. The van der Waals surface area contributed by atoms with E-state index < -0.39 is 0 Å². The molecule has 1 amide bonds. The third-order valence-corrected chi connectivity index (χ3v) is 3.50. The lowest BCUT2D eigenvalue weighted by Crippen LogP contribution is -2.42. The highest BCUT2D eigenvalue weighted by Crippen LogP contribution is 2.61. The van der Waals surface area contributed by atoms with Gasteiger partial charge in [0.2, 0.25) is 5.91 Å². The van der Waals surface area contributed by atoms with E-state index in [4.69, 9.17) is 0 Å². The molecule has 0 spiro atoms. The van der Waals surface area contributed by atoms with Gasteiger partial charge in [0.05, 0.1) is 5.41 Å². The Morgan fingerprint density at radius 1 is 1.55 bits per heavy atom. The lowest BCUT2D eigenvalue weighted by atomic mass is 10.0. The number of carbonyl (C=O) groups is 1. The maximum Gasteiger partial charge on any atom is 0.226 e. The highest BCUT2D eigenvalue weighted by Gasteiger charge is 2.67. The van der Waals surface area contributed by atoms with Gasteiger partial charge in [0.25, 0.3) is 0 Å². The maximum atomic E-state index is 11.4. The summed E-state index contributed by atoms with van der Waals surface area (Å²) in [6, 6.07) is 0.449. The fourth-order valence-electron chi connectivity index (χ4n) is 2.70. The fraction of sp³-hybridized carbons (Fsp3) is 0.875. The summed E-state index contributed by atoms with van der Waals surface area (Å²) >= 11 is 0. The van der Waals surface area contributed by atoms with Crippen molar-refractivity contribution in [2.75, 3.05) is 13.1 Å². The van der Waals surface area contributed by atoms with Crippen LogP contribution in [0, 0.1) is 11.3 Å². The molecule has 3 fully saturated rings. The average Bonchev–Trinajstić information content (AvgIpc) is 2.62. The normalized spacial score (nSPS) is 52.9. The summed E-state index contributed by atoms with van der Waals surface area (Å²) in [4.78, 5) is 11.4. The molecule has 1 aliphatic carbocycles. The third kappa shape index (κ3) is 0.562. The topological polar surface area (TPSA) is 41.1 Å². The Hall–Kier alpha value is -0.570. The molecule has 2 heterocycles. The number of nitrogens with one attached hydrogen (secondary N) is 2. The maximum absolute atomic E-state index is 11.4. The van der Waals surface area contributed by atoms with Gasteiger partial charge in [0, 0.05) is 12.6 Å². The minimum atomic E-state index is 0.0914. The number of carbonyl (C=O) groups excluding carboxylic acids is 1. The van der Waals surface area contributed by atoms with Crippen LogP contribution >= 0.6 is 0 Å². The summed E-state index contributed by atoms with van der Waals surface area (Å²) in [6.07, 6.45) is 2.21. The van der Waals surface area contributed by atoms with Crippen LogP contribution in [0.4, 0.5) is 0 Å². The third-order valence-electron chi connectivity index (χ3n) is 3.50. The van der Waals surface area contributed by atoms with Crippen LogP contribution in [0.5, 0.6) is 0 Å². The van der Waals surface area contributed by atoms with Crippen molar-refractivity contribution < 1.29 is 4.79 Å². The lowest BCUT2D eigenvalue weighted by molar-refractivity contribution is -0.125. The largest absolute Gasteiger partial charge is 0.351 e. The van der Waals surface area contributed by atoms with E-state index in [0.717, 1.165) is 25.9 Å². The van der Waals surface area contributed by atoms with Crippen molar-refractivity contribution in [3.63, 3.8) is 0 Å². The summed E-state index contributed by atoms with van der Waals surface area (Å²) in [5.74, 6) is 0.999. The zero-order valence-electron chi connectivity index (χ0n) is 6.39. The molecule has 0 radical (unpaired) electrons. The van der Waals surface area contributed by atoms with Gasteiger partial charge in [0.15, 0.2) is 0 Å². The van der Waals surface area contributed by atoms with Crippen LogP contribution in [0.25, 0.3) is 0 Å². The van der Waals surface area contributed by atoms with Gasteiger partial charge in [-0.25, -0.2) is 0 Å². The lowest BCUT2D eigenvalue weighted by Gasteiger charge is -2.16. The molecule has 60 valence electrons. The van der Waals surface area contributed by atoms with E-state index in [1.165, 1.54) is 0 Å². The van der Waals surface area contributed by atoms with E-state index in [1.54, 1.807) is 0 Å². The zero-order valence-corrected chi connectivity index (χ0v) is 6.39. The minimum Gasteiger partial charge on any atom is -0.351 e. The number of amides is 1. The number of piperidine rings is 1. The molecule has 1 saturated carbocycles. The van der Waals surface area contributed by atoms with Crippen LogP contribution in [0.15, 0.2) is 0 Å². The molecule has 3 unspecified atom stereocenters. The van der Waals surface area contributed by atoms with Crippen LogP contribution in [0.2, 0.25) is 0 Å². The molecule has 2 aliphatic heterocycles. The van der Waals surface area contributed by atoms with Gasteiger partial charge in [-0.05, 0) is 25.3 Å². The highest BCUT2D eigenvalue weighted by atomic mass is 16.2. The molecule has 3 aliphatic rings. The van der Waals surface area contributed by atoms with Crippen molar-refractivity contribution in [2.24, 2.45) is 11.3 Å². The summed E-state index contributed by atoms with van der Waals surface area (Å²) in [5, 5.41) is 6.38. The first-order valence-electron chi connectivity index (χ1n) is 4.35. The molecule has 0 aromatic carbocycles. The molecule has 0 aromatic rings. The van der Waals surface area contributed by atoms with Crippen molar-refractivity contribution in [3.8, 4) is 0 Å². The van der Waals surface area contributed by atoms with E-state index in [-0.39, 0.29) is 5.41 Å². The molecule has 2 bridgehead atoms. The molecule has 3 heteroatoms. The van der Waals surface area contributed by atoms with Crippen molar-refractivity contribution in [3.05, 3.63) is 0 Å². The van der Waals surface area contributed by atoms with Crippen LogP contribution in [-0.4, -0.2) is 25.0 Å². The van der Waals surface area contributed by atoms with E-state index in [9.17, 15) is 4.79 Å². The Morgan fingerprint density at radius 2 is 2.45 bits per heavy atom. The first-order valence-corrected chi connectivity index (χ1v) is 4.35. The van der Waals surface area contributed by atoms with Gasteiger partial charge >= 0.3 is 0 Å². The zero-order chi connectivity index (χ0) is 7.47. The molecule has 11 heavy (non-hydrogen) atoms. The van der Waals surface area contributed by atoms with Gasteiger partial charge in [0.1, 0.15) is 0 Å². The fourth-order valence-corrected chi connectivity index (χ4v) is 2.70. The molecule has 3 nitrogen and oxygen atoms in total. The predicted octanol–water partition coefficient (Wildman–Crippen LogP) is -0.516. The van der Waals surface area contributed by atoms with E-state index in [1.807, 2.05) is 0 Å². The first-order chi connectivity index (χ1) is 5.33. The second kappa shape index (κ2) is 1.61. The monoisotopic (exact) mass is 152 g/mol. The SMILES string of the molecule is O=C1NC2CNCCC13CC23. The van der Waals surface area contributed by atoms with E-state index >= 15 is 0 Å². The van der Waals surface area contributed by atoms with Crippen molar-refractivity contribution >= 4 is 5.91 Å². The Bertz CT molecular complexity index is 228. The smallest absolute Gasteiger partial charge is 0.226 e. The van der Waals surface area contributed by atoms with Crippen molar-refractivity contribution in [1.29, 1.82) is 0 Å². The van der Waals surface area contributed by atoms with Gasteiger partial charge in [-0.2, -0.15) is 0 Å². The summed E-state index contributed by atoms with van der Waals surface area (Å²) in [5.41, 5.74) is 0.0914. The average molecular weight is 152 g/mol. The van der Waals surface area contributed by atoms with Crippen molar-refractivity contribution in [1.82, 2.24) is 10.6 Å². The van der Waals surface area contributed by atoms with Gasteiger partial charge in [-0.1, -0.05) is 0 Å². The standard InChI is InChI=1S/C8H12N2O/c11-7-8-1-2-9-4-6(10-7)5(8)3-8/h5-6,9H,1-4H2,(H,10,11). The Morgan fingerprint density at radius 3 is 3.27 bits per heavy atom. The van der Waals surface area contributed by atoms with Crippen LogP contribution in [0.3, 0.4) is 0 Å². The molecule has 0 aromatic heterocycles. The second-order valence-corrected chi connectivity index (χ2v) is 4.00. The summed E-state index contributed by atoms with van der Waals surface area (Å²) in [7, 11) is 0. The molecule has 2 saturated heterocycles. The van der Waals surface area contributed by atoms with Crippen molar-refractivity contribution in [2.45, 2.75) is 18.9 Å². The van der Waals surface area contributed by atoms with Crippen LogP contribution in [-0.2, 0) is 4.79 Å². The molecule has 2 N–H and O–H groups in total. The Kier molecular flexibility index (Phi) is 0.876. The minimum absolute atomic E-state index is 0.0914. The number of rotatable bonds is 0. The van der Waals surface area contributed by atoms with Gasteiger partial charge in [-0.3, -0.25) is 4.79 Å². The Balaban J connectivity index is 1.99. The Labute approximate surface area is 65.5 Å². The van der Waals surface area contributed by atoms with E-state index in [2.05, 4.69) is 10.6 Å². The second-order valence-electron chi connectivity index (χ2n) is 4.00.